The van der Waals surface area contributed by atoms with Crippen LogP contribution < -0.4 is 0 Å². The molecule has 2 aliphatic rings. The summed E-state index contributed by atoms with van der Waals surface area (Å²) in [6.45, 7) is 0.458. The zero-order chi connectivity index (χ0) is 15.6. The van der Waals surface area contributed by atoms with Crippen LogP contribution in [0, 0.1) is 5.92 Å². The number of likely N-dealkylation sites (tertiary alicyclic amines) is 2. The maximum Gasteiger partial charge on any atom is 0.409 e. The van der Waals surface area contributed by atoms with Gasteiger partial charge >= 0.3 is 12.1 Å². The zero-order valence-corrected chi connectivity index (χ0v) is 11.9. The lowest BCUT2D eigenvalue weighted by Crippen LogP contribution is -2.52. The normalized spacial score (nSPS) is 29.4. The van der Waals surface area contributed by atoms with Crippen molar-refractivity contribution in [2.45, 2.75) is 31.2 Å². The molecule has 2 saturated heterocycles. The Balaban J connectivity index is 2.03. The van der Waals surface area contributed by atoms with Crippen LogP contribution in [0.1, 0.15) is 19.3 Å². The van der Waals surface area contributed by atoms with Crippen molar-refractivity contribution in [3.63, 3.8) is 0 Å². The topological polar surface area (TPSA) is 70.1 Å². The lowest BCUT2D eigenvalue weighted by molar-refractivity contribution is -0.144. The van der Waals surface area contributed by atoms with Crippen molar-refractivity contribution < 1.29 is 28.2 Å². The Labute approximate surface area is 121 Å². The second kappa shape index (κ2) is 6.13. The first-order valence-electron chi connectivity index (χ1n) is 7.00. The standard InChI is InChI=1S/C13H20F2N2O4/c1-21-12(20)17-4-2-9(11(18)19)6-10(17)7-16-5-3-13(14,15)8-16/h9-10H,2-8H2,1H3,(H,18,19). The van der Waals surface area contributed by atoms with E-state index in [1.165, 1.54) is 12.0 Å². The lowest BCUT2D eigenvalue weighted by atomic mass is 9.91. The van der Waals surface area contributed by atoms with Gasteiger partial charge < -0.3 is 14.7 Å². The molecule has 1 amide bonds. The second-order valence-electron chi connectivity index (χ2n) is 5.72. The van der Waals surface area contributed by atoms with Crippen molar-refractivity contribution in [2.24, 2.45) is 5.92 Å². The molecule has 0 spiro atoms. The number of nitrogens with zero attached hydrogens (tertiary/aromatic N) is 2. The van der Waals surface area contributed by atoms with Crippen molar-refractivity contribution in [1.29, 1.82) is 0 Å². The molecule has 2 aliphatic heterocycles. The first-order valence-corrected chi connectivity index (χ1v) is 7.00. The van der Waals surface area contributed by atoms with E-state index in [0.29, 0.717) is 6.42 Å². The van der Waals surface area contributed by atoms with Gasteiger partial charge in [-0.15, -0.1) is 0 Å². The van der Waals surface area contributed by atoms with Crippen molar-refractivity contribution in [3.8, 4) is 0 Å². The smallest absolute Gasteiger partial charge is 0.409 e. The Hall–Kier alpha value is -1.44. The fraction of sp³-hybridized carbons (Fsp3) is 0.846. The third kappa shape index (κ3) is 3.81. The van der Waals surface area contributed by atoms with Crippen molar-refractivity contribution in [3.05, 3.63) is 0 Å². The zero-order valence-electron chi connectivity index (χ0n) is 11.9. The van der Waals surface area contributed by atoms with Gasteiger partial charge in [0.15, 0.2) is 0 Å². The average molecular weight is 306 g/mol. The molecule has 21 heavy (non-hydrogen) atoms. The highest BCUT2D eigenvalue weighted by atomic mass is 19.3. The van der Waals surface area contributed by atoms with Crippen LogP contribution in [0.15, 0.2) is 0 Å². The number of hydrogen-bond donors (Lipinski definition) is 1. The summed E-state index contributed by atoms with van der Waals surface area (Å²) in [5.74, 6) is -4.15. The van der Waals surface area contributed by atoms with Gasteiger partial charge in [0.05, 0.1) is 19.6 Å². The van der Waals surface area contributed by atoms with Gasteiger partial charge in [0.25, 0.3) is 5.92 Å². The lowest BCUT2D eigenvalue weighted by Gasteiger charge is -2.39. The first kappa shape index (κ1) is 15.9. The molecule has 6 nitrogen and oxygen atoms in total. The highest BCUT2D eigenvalue weighted by Gasteiger charge is 2.41. The number of carbonyl (C=O) groups is 2. The van der Waals surface area contributed by atoms with Crippen molar-refractivity contribution in [1.82, 2.24) is 9.80 Å². The molecule has 1 N–H and O–H groups in total. The highest BCUT2D eigenvalue weighted by Crippen LogP contribution is 2.30. The second-order valence-corrected chi connectivity index (χ2v) is 5.72. The van der Waals surface area contributed by atoms with Crippen LogP contribution in [0.4, 0.5) is 13.6 Å². The molecule has 0 bridgehead atoms. The molecule has 2 unspecified atom stereocenters. The summed E-state index contributed by atoms with van der Waals surface area (Å²) in [7, 11) is 1.26. The number of methoxy groups -OCH3 is 1. The van der Waals surface area contributed by atoms with Crippen LogP contribution in [0.5, 0.6) is 0 Å². The van der Waals surface area contributed by atoms with Crippen molar-refractivity contribution in [2.75, 3.05) is 33.3 Å². The fourth-order valence-corrected chi connectivity index (χ4v) is 3.07. The third-order valence-corrected chi connectivity index (χ3v) is 4.19. The first-order chi connectivity index (χ1) is 9.82. The largest absolute Gasteiger partial charge is 0.481 e. The summed E-state index contributed by atoms with van der Waals surface area (Å²) in [6, 6.07) is -0.402. The summed E-state index contributed by atoms with van der Waals surface area (Å²) in [5, 5.41) is 9.11. The number of rotatable bonds is 3. The number of hydrogen-bond acceptors (Lipinski definition) is 4. The molecule has 0 saturated carbocycles. The van der Waals surface area contributed by atoms with Crippen LogP contribution in [0.3, 0.4) is 0 Å². The molecule has 0 aromatic rings. The molecule has 8 heteroatoms. The van der Waals surface area contributed by atoms with Gasteiger partial charge in [-0.2, -0.15) is 0 Å². The van der Waals surface area contributed by atoms with Gasteiger partial charge in [-0.25, -0.2) is 13.6 Å². The highest BCUT2D eigenvalue weighted by molar-refractivity contribution is 5.72. The van der Waals surface area contributed by atoms with E-state index < -0.39 is 29.9 Å². The van der Waals surface area contributed by atoms with Gasteiger partial charge in [0, 0.05) is 32.1 Å². The van der Waals surface area contributed by atoms with Gasteiger partial charge in [-0.1, -0.05) is 0 Å². The number of carbonyl (C=O) groups excluding carboxylic acids is 1. The molecule has 2 fully saturated rings. The van der Waals surface area contributed by atoms with E-state index in [4.69, 9.17) is 9.84 Å². The molecular formula is C13H20F2N2O4. The average Bonchev–Trinajstić information content (AvgIpc) is 2.77. The van der Waals surface area contributed by atoms with Gasteiger partial charge in [0.2, 0.25) is 0 Å². The maximum absolute atomic E-state index is 13.2. The van der Waals surface area contributed by atoms with Crippen LogP contribution in [-0.4, -0.2) is 72.2 Å². The Morgan fingerprint density at radius 1 is 1.38 bits per heavy atom. The van der Waals surface area contributed by atoms with Gasteiger partial charge in [-0.05, 0) is 12.8 Å². The van der Waals surface area contributed by atoms with E-state index in [-0.39, 0.29) is 39.0 Å². The minimum absolute atomic E-state index is 0.194. The number of alkyl halides is 2. The Kier molecular flexibility index (Phi) is 4.65. The Morgan fingerprint density at radius 3 is 2.62 bits per heavy atom. The van der Waals surface area contributed by atoms with E-state index in [9.17, 15) is 18.4 Å². The molecular weight excluding hydrogens is 286 g/mol. The Morgan fingerprint density at radius 2 is 2.10 bits per heavy atom. The maximum atomic E-state index is 13.2. The van der Waals surface area contributed by atoms with Gasteiger partial charge in [0.1, 0.15) is 0 Å². The monoisotopic (exact) mass is 306 g/mol. The summed E-state index contributed by atoms with van der Waals surface area (Å²) >= 11 is 0. The van der Waals surface area contributed by atoms with Gasteiger partial charge in [-0.3, -0.25) is 9.69 Å². The van der Waals surface area contributed by atoms with E-state index >= 15 is 0 Å². The number of amides is 1. The third-order valence-electron chi connectivity index (χ3n) is 4.19. The molecule has 2 heterocycles. The van der Waals surface area contributed by atoms with E-state index in [0.717, 1.165) is 0 Å². The number of halogens is 2. The fourth-order valence-electron chi connectivity index (χ4n) is 3.07. The SMILES string of the molecule is COC(=O)N1CCC(C(=O)O)CC1CN1CCC(F)(F)C1. The number of carboxylic acid groups (broad SMARTS) is 1. The van der Waals surface area contributed by atoms with Crippen LogP contribution >= 0.6 is 0 Å². The summed E-state index contributed by atoms with van der Waals surface area (Å²) in [5.41, 5.74) is 0. The van der Waals surface area contributed by atoms with Crippen LogP contribution in [0.2, 0.25) is 0 Å². The predicted octanol–water partition coefficient (Wildman–Crippen LogP) is 1.26. The minimum atomic E-state index is -2.70. The number of aliphatic carboxylic acids is 1. The van der Waals surface area contributed by atoms with Crippen molar-refractivity contribution >= 4 is 12.1 Å². The molecule has 2 atom stereocenters. The number of carboxylic acids is 1. The molecule has 0 aromatic heterocycles. The van der Waals surface area contributed by atoms with Crippen LogP contribution in [0.25, 0.3) is 0 Å². The molecule has 0 radical (unpaired) electrons. The number of ether oxygens (including phenoxy) is 1. The number of piperidine rings is 1. The predicted molar refractivity (Wildman–Crippen MR) is 69.3 cm³/mol. The summed E-state index contributed by atoms with van der Waals surface area (Å²) in [4.78, 5) is 25.9. The molecule has 0 aromatic carbocycles. The van der Waals surface area contributed by atoms with E-state index in [1.54, 1.807) is 4.90 Å². The van der Waals surface area contributed by atoms with E-state index in [2.05, 4.69) is 0 Å². The molecule has 120 valence electrons. The summed E-state index contributed by atoms with van der Waals surface area (Å²) in [6.07, 6.45) is -0.0982. The van der Waals surface area contributed by atoms with E-state index in [1.807, 2.05) is 0 Å². The molecule has 0 aliphatic carbocycles. The minimum Gasteiger partial charge on any atom is -0.481 e. The Bertz CT molecular complexity index is 419. The quantitative estimate of drug-likeness (QED) is 0.850. The summed E-state index contributed by atoms with van der Waals surface area (Å²) < 4.78 is 31.2. The molecule has 2 rings (SSSR count). The van der Waals surface area contributed by atoms with Crippen LogP contribution in [-0.2, 0) is 9.53 Å².